The molecule has 0 spiro atoms. The van der Waals surface area contributed by atoms with Gasteiger partial charge in [0.15, 0.2) is 0 Å². The Morgan fingerprint density at radius 3 is 2.96 bits per heavy atom. The Morgan fingerprint density at radius 2 is 2.26 bits per heavy atom. The highest BCUT2D eigenvalue weighted by Crippen LogP contribution is 2.27. The number of ether oxygens (including phenoxy) is 1. The van der Waals surface area contributed by atoms with Gasteiger partial charge < -0.3 is 10.5 Å². The van der Waals surface area contributed by atoms with E-state index in [4.69, 9.17) is 15.7 Å². The third-order valence-corrected chi connectivity index (χ3v) is 3.35. The van der Waals surface area contributed by atoms with Gasteiger partial charge in [0.05, 0.1) is 17.3 Å². The number of nitrogens with two attached hydrogens (primary N) is 1. The third-order valence-electron chi connectivity index (χ3n) is 3.35. The van der Waals surface area contributed by atoms with Crippen LogP contribution in [0.3, 0.4) is 0 Å². The average molecular weight is 308 g/mol. The molecule has 1 unspecified atom stereocenters. The second-order valence-electron chi connectivity index (χ2n) is 5.35. The predicted molar refractivity (Wildman–Crippen MR) is 85.7 cm³/mol. The molecule has 0 aliphatic rings. The minimum absolute atomic E-state index is 0.0736. The zero-order chi connectivity index (χ0) is 16.4. The number of rotatable bonds is 4. The number of fused-ring (bicyclic) bond motifs is 1. The topological polar surface area (TPSA) is 114 Å². The standard InChI is InChI=1S/C16H16N6O/c1-9(18)8-23-16-10(2)20-13(7-19-16)15-12-5-3-4-11(6-17)14(12)21-22-15/h3-5,7,9H,8,18H2,1-2H3,(H,21,22). The Morgan fingerprint density at radius 1 is 1.43 bits per heavy atom. The molecule has 0 aliphatic carbocycles. The SMILES string of the molecule is Cc1nc(-c2n[nH]c3c(C#N)cccc23)cnc1OCC(C)N. The van der Waals surface area contributed by atoms with E-state index in [0.29, 0.717) is 40.6 Å². The van der Waals surface area contributed by atoms with E-state index in [0.717, 1.165) is 5.39 Å². The van der Waals surface area contributed by atoms with E-state index >= 15 is 0 Å². The van der Waals surface area contributed by atoms with Crippen LogP contribution in [-0.4, -0.2) is 32.8 Å². The van der Waals surface area contributed by atoms with Crippen molar-refractivity contribution in [1.29, 1.82) is 5.26 Å². The number of aromatic amines is 1. The lowest BCUT2D eigenvalue weighted by molar-refractivity contribution is 0.282. The minimum Gasteiger partial charge on any atom is -0.475 e. The lowest BCUT2D eigenvalue weighted by atomic mass is 10.1. The number of H-pyrrole nitrogens is 1. The van der Waals surface area contributed by atoms with E-state index in [-0.39, 0.29) is 6.04 Å². The van der Waals surface area contributed by atoms with Gasteiger partial charge in [-0.25, -0.2) is 9.97 Å². The van der Waals surface area contributed by atoms with Crippen LogP contribution in [-0.2, 0) is 0 Å². The fraction of sp³-hybridized carbons (Fsp3) is 0.250. The molecule has 7 nitrogen and oxygen atoms in total. The van der Waals surface area contributed by atoms with Gasteiger partial charge >= 0.3 is 0 Å². The van der Waals surface area contributed by atoms with Crippen LogP contribution in [0.4, 0.5) is 0 Å². The molecular weight excluding hydrogens is 292 g/mol. The van der Waals surface area contributed by atoms with Gasteiger partial charge in [-0.2, -0.15) is 10.4 Å². The van der Waals surface area contributed by atoms with Gasteiger partial charge in [0.1, 0.15) is 29.8 Å². The number of aromatic nitrogens is 4. The molecule has 2 heterocycles. The van der Waals surface area contributed by atoms with E-state index in [1.54, 1.807) is 12.3 Å². The number of nitrogens with zero attached hydrogens (tertiary/aromatic N) is 4. The highest BCUT2D eigenvalue weighted by molar-refractivity contribution is 5.94. The van der Waals surface area contributed by atoms with Crippen LogP contribution in [0.2, 0.25) is 0 Å². The molecule has 3 rings (SSSR count). The molecule has 1 atom stereocenters. The van der Waals surface area contributed by atoms with Crippen LogP contribution in [0.5, 0.6) is 5.88 Å². The molecule has 1 aromatic carbocycles. The van der Waals surface area contributed by atoms with E-state index in [2.05, 4.69) is 26.2 Å². The van der Waals surface area contributed by atoms with Gasteiger partial charge in [0, 0.05) is 11.4 Å². The van der Waals surface area contributed by atoms with Crippen LogP contribution >= 0.6 is 0 Å². The van der Waals surface area contributed by atoms with Crippen molar-refractivity contribution in [3.05, 3.63) is 35.7 Å². The zero-order valence-electron chi connectivity index (χ0n) is 12.9. The van der Waals surface area contributed by atoms with E-state index < -0.39 is 0 Å². The highest BCUT2D eigenvalue weighted by atomic mass is 16.5. The van der Waals surface area contributed by atoms with Crippen molar-refractivity contribution < 1.29 is 4.74 Å². The first-order valence-corrected chi connectivity index (χ1v) is 7.19. The largest absolute Gasteiger partial charge is 0.475 e. The molecule has 116 valence electrons. The van der Waals surface area contributed by atoms with Gasteiger partial charge in [0.25, 0.3) is 0 Å². The lowest BCUT2D eigenvalue weighted by Gasteiger charge is -2.10. The second kappa shape index (κ2) is 6.02. The average Bonchev–Trinajstić information content (AvgIpc) is 2.97. The number of nitriles is 1. The zero-order valence-corrected chi connectivity index (χ0v) is 12.9. The van der Waals surface area contributed by atoms with Gasteiger partial charge in [-0.1, -0.05) is 12.1 Å². The summed E-state index contributed by atoms with van der Waals surface area (Å²) in [5, 5.41) is 17.2. The normalized spacial score (nSPS) is 12.1. The van der Waals surface area contributed by atoms with Crippen molar-refractivity contribution in [3.63, 3.8) is 0 Å². The fourth-order valence-corrected chi connectivity index (χ4v) is 2.27. The monoisotopic (exact) mass is 308 g/mol. The number of hydrogen-bond donors (Lipinski definition) is 2. The number of hydrogen-bond acceptors (Lipinski definition) is 6. The molecule has 0 saturated carbocycles. The number of aryl methyl sites for hydroxylation is 1. The van der Waals surface area contributed by atoms with Crippen molar-refractivity contribution in [2.75, 3.05) is 6.61 Å². The molecule has 0 aliphatic heterocycles. The first-order chi connectivity index (χ1) is 11.1. The summed E-state index contributed by atoms with van der Waals surface area (Å²) in [4.78, 5) is 8.80. The van der Waals surface area contributed by atoms with Gasteiger partial charge in [-0.05, 0) is 19.9 Å². The molecule has 7 heteroatoms. The van der Waals surface area contributed by atoms with E-state index in [1.807, 2.05) is 26.0 Å². The van der Waals surface area contributed by atoms with Crippen LogP contribution in [0.25, 0.3) is 22.3 Å². The maximum absolute atomic E-state index is 9.15. The number of benzene rings is 1. The van der Waals surface area contributed by atoms with Gasteiger partial charge in [0.2, 0.25) is 5.88 Å². The lowest BCUT2D eigenvalue weighted by Crippen LogP contribution is -2.24. The predicted octanol–water partition coefficient (Wildman–Crippen LogP) is 1.93. The van der Waals surface area contributed by atoms with Crippen LogP contribution in [0.15, 0.2) is 24.4 Å². The molecular formula is C16H16N6O. The van der Waals surface area contributed by atoms with Gasteiger partial charge in [-0.3, -0.25) is 5.10 Å². The summed E-state index contributed by atoms with van der Waals surface area (Å²) < 4.78 is 5.52. The molecule has 3 N–H and O–H groups in total. The van der Waals surface area contributed by atoms with Crippen molar-refractivity contribution >= 4 is 10.9 Å². The summed E-state index contributed by atoms with van der Waals surface area (Å²) in [7, 11) is 0. The third kappa shape index (κ3) is 2.84. The number of nitrogens with one attached hydrogen (secondary N) is 1. The number of para-hydroxylation sites is 1. The Labute approximate surface area is 133 Å². The summed E-state index contributed by atoms with van der Waals surface area (Å²) in [6, 6.07) is 7.53. The first-order valence-electron chi connectivity index (χ1n) is 7.19. The quantitative estimate of drug-likeness (QED) is 0.761. The summed E-state index contributed by atoms with van der Waals surface area (Å²) >= 11 is 0. The highest BCUT2D eigenvalue weighted by Gasteiger charge is 2.14. The maximum atomic E-state index is 9.15. The molecule has 0 bridgehead atoms. The Hall–Kier alpha value is -2.98. The maximum Gasteiger partial charge on any atom is 0.235 e. The summed E-state index contributed by atoms with van der Waals surface area (Å²) in [6.07, 6.45) is 1.61. The summed E-state index contributed by atoms with van der Waals surface area (Å²) in [5.41, 5.74) is 8.86. The second-order valence-corrected chi connectivity index (χ2v) is 5.35. The molecule has 3 aromatic rings. The molecule has 0 fully saturated rings. The fourth-order valence-electron chi connectivity index (χ4n) is 2.27. The minimum atomic E-state index is -0.0736. The van der Waals surface area contributed by atoms with E-state index in [1.165, 1.54) is 0 Å². The Kier molecular flexibility index (Phi) is 3.91. The van der Waals surface area contributed by atoms with Crippen molar-refractivity contribution in [2.24, 2.45) is 5.73 Å². The summed E-state index contributed by atoms with van der Waals surface area (Å²) in [5.74, 6) is 0.462. The van der Waals surface area contributed by atoms with E-state index in [9.17, 15) is 0 Å². The smallest absolute Gasteiger partial charge is 0.235 e. The van der Waals surface area contributed by atoms with Crippen LogP contribution < -0.4 is 10.5 Å². The van der Waals surface area contributed by atoms with Crippen LogP contribution in [0.1, 0.15) is 18.2 Å². The molecule has 2 aromatic heterocycles. The van der Waals surface area contributed by atoms with Crippen molar-refractivity contribution in [2.45, 2.75) is 19.9 Å². The Bertz CT molecular complexity index is 893. The van der Waals surface area contributed by atoms with Crippen molar-refractivity contribution in [1.82, 2.24) is 20.2 Å². The van der Waals surface area contributed by atoms with Gasteiger partial charge in [-0.15, -0.1) is 0 Å². The molecule has 0 saturated heterocycles. The first kappa shape index (κ1) is 14.9. The summed E-state index contributed by atoms with van der Waals surface area (Å²) in [6.45, 7) is 4.06. The van der Waals surface area contributed by atoms with Crippen LogP contribution in [0, 0.1) is 18.3 Å². The molecule has 0 radical (unpaired) electrons. The Balaban J connectivity index is 2.00. The molecule has 23 heavy (non-hydrogen) atoms. The molecule has 0 amide bonds. The van der Waals surface area contributed by atoms with Crippen molar-refractivity contribution in [3.8, 4) is 23.3 Å².